The third kappa shape index (κ3) is 3.82. The molecule has 116 valence electrons. The quantitative estimate of drug-likeness (QED) is 0.863. The Balaban J connectivity index is 2.08. The van der Waals surface area contributed by atoms with Gasteiger partial charge in [0.15, 0.2) is 0 Å². The molecule has 1 aromatic carbocycles. The van der Waals surface area contributed by atoms with Gasteiger partial charge in [0.25, 0.3) is 0 Å². The highest BCUT2D eigenvalue weighted by atomic mass is 32.1. The molecule has 7 heteroatoms. The summed E-state index contributed by atoms with van der Waals surface area (Å²) < 4.78 is 5.18. The van der Waals surface area contributed by atoms with Gasteiger partial charge in [-0.25, -0.2) is 4.98 Å². The van der Waals surface area contributed by atoms with Crippen molar-refractivity contribution in [1.29, 1.82) is 0 Å². The highest BCUT2D eigenvalue weighted by molar-refractivity contribution is 7.09. The standard InChI is InChI=1S/C15H16N2O4S/c1-9(15-16-10(8-22-15)7-13(18)19)14(20)17-11-5-3-4-6-12(11)21-2/h3-6,8-9H,7H2,1-2H3,(H,17,20)(H,18,19)/p-1/t9-/m0/s1. The van der Waals surface area contributed by atoms with Gasteiger partial charge in [-0.2, -0.15) is 0 Å². The summed E-state index contributed by atoms with van der Waals surface area (Å²) in [5.41, 5.74) is 0.977. The Kier molecular flexibility index (Phi) is 5.11. The molecule has 1 aromatic heterocycles. The van der Waals surface area contributed by atoms with E-state index < -0.39 is 11.9 Å². The minimum absolute atomic E-state index is 0.237. The monoisotopic (exact) mass is 319 g/mol. The van der Waals surface area contributed by atoms with Crippen LogP contribution in [0.25, 0.3) is 0 Å². The number of thiazole rings is 1. The fourth-order valence-corrected chi connectivity index (χ4v) is 2.73. The maximum atomic E-state index is 12.3. The predicted molar refractivity (Wildman–Crippen MR) is 80.9 cm³/mol. The predicted octanol–water partition coefficient (Wildman–Crippen LogP) is 1.19. The lowest BCUT2D eigenvalue weighted by Gasteiger charge is -2.12. The molecule has 1 amide bonds. The third-order valence-corrected chi connectivity index (χ3v) is 4.10. The lowest BCUT2D eigenvalue weighted by Crippen LogP contribution is -2.24. The normalized spacial score (nSPS) is 11.7. The van der Waals surface area contributed by atoms with Crippen molar-refractivity contribution in [1.82, 2.24) is 4.98 Å². The van der Waals surface area contributed by atoms with Gasteiger partial charge in [0, 0.05) is 17.8 Å². The van der Waals surface area contributed by atoms with Crippen molar-refractivity contribution in [2.24, 2.45) is 0 Å². The van der Waals surface area contributed by atoms with Gasteiger partial charge < -0.3 is 20.0 Å². The molecular weight excluding hydrogens is 304 g/mol. The minimum atomic E-state index is -1.19. The Bertz CT molecular complexity index is 684. The number of nitrogens with zero attached hydrogens (tertiary/aromatic N) is 1. The lowest BCUT2D eigenvalue weighted by molar-refractivity contribution is -0.304. The number of aromatic nitrogens is 1. The molecule has 0 spiro atoms. The van der Waals surface area contributed by atoms with E-state index in [2.05, 4.69) is 10.3 Å². The Morgan fingerprint density at radius 1 is 1.41 bits per heavy atom. The molecule has 0 saturated carbocycles. The Labute approximate surface area is 131 Å². The molecule has 1 heterocycles. The number of nitrogens with one attached hydrogen (secondary N) is 1. The number of aliphatic carboxylic acids is 1. The summed E-state index contributed by atoms with van der Waals surface area (Å²) in [6.45, 7) is 1.71. The summed E-state index contributed by atoms with van der Waals surface area (Å²) in [7, 11) is 1.53. The molecule has 0 bridgehead atoms. The molecule has 22 heavy (non-hydrogen) atoms. The molecule has 0 saturated heterocycles. The molecule has 6 nitrogen and oxygen atoms in total. The highest BCUT2D eigenvalue weighted by Gasteiger charge is 2.20. The molecular formula is C15H15N2O4S-. The van der Waals surface area contributed by atoms with E-state index in [9.17, 15) is 14.7 Å². The number of carbonyl (C=O) groups excluding carboxylic acids is 2. The molecule has 0 fully saturated rings. The van der Waals surface area contributed by atoms with E-state index in [-0.39, 0.29) is 12.3 Å². The zero-order valence-corrected chi connectivity index (χ0v) is 13.0. The van der Waals surface area contributed by atoms with Gasteiger partial charge in [0.2, 0.25) is 5.91 Å². The van der Waals surface area contributed by atoms with E-state index in [0.717, 1.165) is 0 Å². The number of carboxylic acid groups (broad SMARTS) is 1. The second kappa shape index (κ2) is 7.04. The maximum absolute atomic E-state index is 12.3. The molecule has 0 aliphatic heterocycles. The van der Waals surface area contributed by atoms with Crippen LogP contribution >= 0.6 is 11.3 Å². The van der Waals surface area contributed by atoms with Crippen molar-refractivity contribution in [2.75, 3.05) is 12.4 Å². The van der Waals surface area contributed by atoms with Crippen molar-refractivity contribution >= 4 is 28.9 Å². The SMILES string of the molecule is COc1ccccc1NC(=O)[C@H](C)c1nc(CC(=O)[O-])cs1. The number of hydrogen-bond acceptors (Lipinski definition) is 6. The number of carboxylic acids is 1. The number of ether oxygens (including phenoxy) is 1. The zero-order chi connectivity index (χ0) is 16.1. The number of methoxy groups -OCH3 is 1. The first kappa shape index (κ1) is 16.0. The van der Waals surface area contributed by atoms with Crippen LogP contribution in [-0.2, 0) is 16.0 Å². The first-order valence-electron chi connectivity index (χ1n) is 6.59. The highest BCUT2D eigenvalue weighted by Crippen LogP contribution is 2.26. The Morgan fingerprint density at radius 3 is 2.82 bits per heavy atom. The molecule has 0 unspecified atom stereocenters. The van der Waals surface area contributed by atoms with E-state index in [0.29, 0.717) is 22.1 Å². The number of amides is 1. The van der Waals surface area contributed by atoms with E-state index in [1.807, 2.05) is 6.07 Å². The molecule has 2 aromatic rings. The number of benzene rings is 1. The largest absolute Gasteiger partial charge is 0.550 e. The van der Waals surface area contributed by atoms with Crippen LogP contribution in [0.15, 0.2) is 29.6 Å². The molecule has 2 rings (SSSR count). The summed E-state index contributed by atoms with van der Waals surface area (Å²) in [4.78, 5) is 27.0. The molecule has 1 N–H and O–H groups in total. The molecule has 0 aliphatic rings. The van der Waals surface area contributed by atoms with E-state index in [4.69, 9.17) is 4.74 Å². The number of anilines is 1. The van der Waals surface area contributed by atoms with Crippen LogP contribution in [0.2, 0.25) is 0 Å². The van der Waals surface area contributed by atoms with Crippen LogP contribution in [0, 0.1) is 0 Å². The summed E-state index contributed by atoms with van der Waals surface area (Å²) in [6.07, 6.45) is -0.253. The number of carbonyl (C=O) groups is 2. The smallest absolute Gasteiger partial charge is 0.234 e. The second-order valence-electron chi connectivity index (χ2n) is 4.64. The zero-order valence-electron chi connectivity index (χ0n) is 12.2. The first-order valence-corrected chi connectivity index (χ1v) is 7.47. The van der Waals surface area contributed by atoms with Crippen LogP contribution in [0.3, 0.4) is 0 Å². The third-order valence-electron chi connectivity index (χ3n) is 3.02. The molecule has 0 radical (unpaired) electrons. The minimum Gasteiger partial charge on any atom is -0.550 e. The average Bonchev–Trinajstić information content (AvgIpc) is 2.94. The number of hydrogen-bond donors (Lipinski definition) is 1. The Hall–Kier alpha value is -2.41. The van der Waals surface area contributed by atoms with Crippen LogP contribution < -0.4 is 15.2 Å². The van der Waals surface area contributed by atoms with Gasteiger partial charge in [0.05, 0.1) is 24.4 Å². The number of para-hydroxylation sites is 2. The van der Waals surface area contributed by atoms with Gasteiger partial charge in [0.1, 0.15) is 10.8 Å². The first-order chi connectivity index (χ1) is 10.5. The van der Waals surface area contributed by atoms with Gasteiger partial charge in [-0.3, -0.25) is 4.79 Å². The van der Waals surface area contributed by atoms with Crippen molar-refractivity contribution in [2.45, 2.75) is 19.3 Å². The van der Waals surface area contributed by atoms with E-state index >= 15 is 0 Å². The van der Waals surface area contributed by atoms with Gasteiger partial charge in [-0.05, 0) is 19.1 Å². The van der Waals surface area contributed by atoms with Crippen molar-refractivity contribution in [3.05, 3.63) is 40.3 Å². The van der Waals surface area contributed by atoms with Crippen molar-refractivity contribution in [3.8, 4) is 5.75 Å². The fourth-order valence-electron chi connectivity index (χ4n) is 1.85. The van der Waals surface area contributed by atoms with Crippen LogP contribution in [0.1, 0.15) is 23.5 Å². The van der Waals surface area contributed by atoms with Crippen molar-refractivity contribution in [3.63, 3.8) is 0 Å². The lowest BCUT2D eigenvalue weighted by atomic mass is 10.1. The average molecular weight is 319 g/mol. The van der Waals surface area contributed by atoms with E-state index in [1.54, 1.807) is 30.5 Å². The molecule has 1 atom stereocenters. The van der Waals surface area contributed by atoms with Gasteiger partial charge in [-0.1, -0.05) is 12.1 Å². The van der Waals surface area contributed by atoms with Crippen LogP contribution in [-0.4, -0.2) is 24.0 Å². The summed E-state index contributed by atoms with van der Waals surface area (Å²) in [5, 5.41) is 15.5. The van der Waals surface area contributed by atoms with E-state index in [1.165, 1.54) is 18.4 Å². The van der Waals surface area contributed by atoms with Crippen molar-refractivity contribution < 1.29 is 19.4 Å². The van der Waals surface area contributed by atoms with Crippen LogP contribution in [0.4, 0.5) is 5.69 Å². The maximum Gasteiger partial charge on any atom is 0.234 e. The second-order valence-corrected chi connectivity index (χ2v) is 5.53. The van der Waals surface area contributed by atoms with Gasteiger partial charge >= 0.3 is 0 Å². The number of rotatable bonds is 6. The topological polar surface area (TPSA) is 91.3 Å². The summed E-state index contributed by atoms with van der Waals surface area (Å²) in [6, 6.07) is 7.10. The Morgan fingerprint density at radius 2 is 2.14 bits per heavy atom. The molecule has 0 aliphatic carbocycles. The fraction of sp³-hybridized carbons (Fsp3) is 0.267. The summed E-state index contributed by atoms with van der Waals surface area (Å²) in [5.74, 6) is -1.35. The van der Waals surface area contributed by atoms with Gasteiger partial charge in [-0.15, -0.1) is 11.3 Å². The van der Waals surface area contributed by atoms with Crippen LogP contribution in [0.5, 0.6) is 5.75 Å². The summed E-state index contributed by atoms with van der Waals surface area (Å²) >= 11 is 1.25.